The van der Waals surface area contributed by atoms with Crippen LogP contribution in [0.1, 0.15) is 49.9 Å². The molecule has 13 heteroatoms. The fourth-order valence-electron chi connectivity index (χ4n) is 18.8. The summed E-state index contributed by atoms with van der Waals surface area (Å²) in [6.07, 6.45) is 0. The number of hydrogen-bond donors (Lipinski definition) is 0. The topological polar surface area (TPSA) is 36.9 Å². The highest BCUT2D eigenvalue weighted by Gasteiger charge is 2.47. The van der Waals surface area contributed by atoms with E-state index >= 15 is 0 Å². The minimum absolute atomic E-state index is 0.00780. The molecule has 0 fully saturated rings. The summed E-state index contributed by atoms with van der Waals surface area (Å²) in [7, 11) is 0. The lowest BCUT2D eigenvalue weighted by molar-refractivity contribution is 0.167. The van der Waals surface area contributed by atoms with Gasteiger partial charge in [0.25, 0.3) is 0 Å². The van der Waals surface area contributed by atoms with Crippen molar-refractivity contribution < 1.29 is 18.9 Å². The number of hydrogen-bond acceptors (Lipinski definition) is 10. The fraction of sp³-hybridized carbons (Fsp3) is 0.103. The maximum atomic E-state index is 6.47. The van der Waals surface area contributed by atoms with Crippen molar-refractivity contribution in [2.75, 3.05) is 20.0 Å². The summed E-state index contributed by atoms with van der Waals surface area (Å²) < 4.78 is 25.5. The minimum atomic E-state index is -0.280. The molecule has 0 unspecified atom stereocenters. The molecule has 0 atom stereocenters. The van der Waals surface area contributed by atoms with E-state index in [-0.39, 0.29) is 37.8 Å². The third-order valence-corrected chi connectivity index (χ3v) is 30.2. The van der Waals surface area contributed by atoms with Crippen LogP contribution in [-0.2, 0) is 10.8 Å². The maximum Gasteiger partial charge on any atom is 0.247 e. The van der Waals surface area contributed by atoms with Crippen molar-refractivity contribution in [1.82, 2.24) is 0 Å². The van der Waals surface area contributed by atoms with Crippen LogP contribution in [0.15, 0.2) is 283 Å². The van der Waals surface area contributed by atoms with Gasteiger partial charge in [-0.3, -0.25) is 0 Å². The Hall–Kier alpha value is -8.65. The lowest BCUT2D eigenvalue weighted by Crippen LogP contribution is -2.58. The summed E-state index contributed by atoms with van der Waals surface area (Å²) >= 11 is 11.3. The molecule has 8 heterocycles. The molecule has 0 bridgehead atoms. The maximum absolute atomic E-state index is 6.47. The summed E-state index contributed by atoms with van der Waals surface area (Å²) in [6, 6.07) is 86.6. The molecule has 100 heavy (non-hydrogen) atoms. The summed E-state index contributed by atoms with van der Waals surface area (Å²) in [4.78, 5) is 15.4. The highest BCUT2D eigenvalue weighted by molar-refractivity contribution is 8.02. The first-order valence-corrected chi connectivity index (χ1v) is 39.4. The van der Waals surface area contributed by atoms with Gasteiger partial charge in [0.2, 0.25) is 26.9 Å². The summed E-state index contributed by atoms with van der Waals surface area (Å²) in [5, 5.41) is 0. The largest absolute Gasteiger partial charge is 0.486 e. The van der Waals surface area contributed by atoms with Crippen molar-refractivity contribution in [3.63, 3.8) is 0 Å². The summed E-state index contributed by atoms with van der Waals surface area (Å²) in [6.45, 7) is 11.2. The van der Waals surface area contributed by atoms with Crippen LogP contribution in [0.5, 0.6) is 23.0 Å². The Kier molecular flexibility index (Phi) is 12.2. The Morgan fingerprint density at radius 2 is 0.720 bits per heavy atom. The number of fused-ring (bicyclic) bond motifs is 22. The van der Waals surface area contributed by atoms with E-state index in [1.165, 1.54) is 192 Å². The first-order chi connectivity index (χ1) is 49.1. The van der Waals surface area contributed by atoms with Gasteiger partial charge in [-0.2, -0.15) is 0 Å². The van der Waals surface area contributed by atoms with E-state index < -0.39 is 0 Å². The lowest BCUT2D eigenvalue weighted by atomic mass is 9.36. The molecule has 0 aromatic heterocycles. The predicted octanol–water partition coefficient (Wildman–Crippen LogP) is 16.8. The van der Waals surface area contributed by atoms with E-state index in [0.717, 1.165) is 27.9 Å². The fourth-order valence-corrected chi connectivity index (χ4v) is 26.6. The van der Waals surface area contributed by atoms with Gasteiger partial charge in [0.05, 0.1) is 9.79 Å². The predicted molar refractivity (Wildman–Crippen MR) is 418 cm³/mol. The molecule has 10 aliphatic rings. The number of benzene rings is 13. The molecular formula is C87H55B3O4S6. The van der Waals surface area contributed by atoms with Crippen molar-refractivity contribution in [2.24, 2.45) is 0 Å². The molecule has 2 aliphatic carbocycles. The van der Waals surface area contributed by atoms with Crippen LogP contribution in [0.4, 0.5) is 0 Å². The van der Waals surface area contributed by atoms with E-state index in [1.807, 2.05) is 70.6 Å². The molecule has 0 radical (unpaired) electrons. The van der Waals surface area contributed by atoms with E-state index in [2.05, 4.69) is 252 Å². The molecule has 23 rings (SSSR count). The Labute approximate surface area is 607 Å². The third kappa shape index (κ3) is 7.89. The second-order valence-electron chi connectivity index (χ2n) is 28.8. The van der Waals surface area contributed by atoms with Gasteiger partial charge in [0.1, 0.15) is 13.2 Å². The average molecular weight is 1390 g/mol. The van der Waals surface area contributed by atoms with Crippen molar-refractivity contribution >= 4 is 140 Å². The van der Waals surface area contributed by atoms with Crippen LogP contribution in [0.25, 0.3) is 66.8 Å². The van der Waals surface area contributed by atoms with Gasteiger partial charge in [-0.05, 0) is 154 Å². The van der Waals surface area contributed by atoms with Crippen molar-refractivity contribution in [1.29, 1.82) is 0 Å². The van der Waals surface area contributed by atoms with Crippen molar-refractivity contribution in [3.8, 4) is 89.8 Å². The molecule has 13 aromatic rings. The second kappa shape index (κ2) is 21.0. The van der Waals surface area contributed by atoms with Gasteiger partial charge >= 0.3 is 0 Å². The average Bonchev–Trinajstić information content (AvgIpc) is 1.42. The molecule has 0 saturated heterocycles. The van der Waals surface area contributed by atoms with E-state index in [4.69, 9.17) is 18.9 Å². The molecule has 0 N–H and O–H groups in total. The second-order valence-corrected chi connectivity index (χ2v) is 35.1. The zero-order valence-corrected chi connectivity index (χ0v) is 59.7. The molecule has 0 spiro atoms. The standard InChI is InChI=1S/C87H55B3O4S6/c1-86(2)57-23-6-5-15-49(57)50-17-9-18-51(74(50)86)54-21-12-26-63-82(54)97-68-29-14-30-69-76(68)90(63)64-27-13-22-55(83(64)98-69)52-19-10-20-53-56-39-47(31-34-58(56)87(3,4)75(52)53)48-16-11-25-62-81(48)100-85-78-73(43-66-80(85)94-44-93-66)96-70-40-45(32-35-60(70)89(62)78)46-33-36-61-71(41-46)99-84-77-72(42-65-79(84)92-38-37-91-65)95-67-28-8-7-24-59(67)88(61)77/h5-36,39-43H,37-38,44H2,1-4H3. The molecular weight excluding hydrogens is 1330 g/mol. The van der Waals surface area contributed by atoms with Crippen LogP contribution in [0.3, 0.4) is 0 Å². The smallest absolute Gasteiger partial charge is 0.247 e. The normalized spacial score (nSPS) is 16.3. The molecule has 4 nitrogen and oxygen atoms in total. The quantitative estimate of drug-likeness (QED) is 0.159. The monoisotopic (exact) mass is 1390 g/mol. The lowest BCUT2D eigenvalue weighted by Gasteiger charge is -2.35. The van der Waals surface area contributed by atoms with Crippen molar-refractivity contribution in [2.45, 2.75) is 97.3 Å². The molecule has 13 aromatic carbocycles. The zero-order valence-electron chi connectivity index (χ0n) is 54.8. The van der Waals surface area contributed by atoms with Crippen LogP contribution < -0.4 is 68.1 Å². The Morgan fingerprint density at radius 1 is 0.280 bits per heavy atom. The first kappa shape index (κ1) is 58.0. The number of ether oxygens (including phenoxy) is 4. The van der Waals surface area contributed by atoms with Crippen LogP contribution in [-0.4, -0.2) is 40.1 Å². The summed E-state index contributed by atoms with van der Waals surface area (Å²) in [5.41, 5.74) is 32.9. The molecule has 0 saturated carbocycles. The van der Waals surface area contributed by atoms with Gasteiger partial charge in [0.15, 0.2) is 23.0 Å². The molecule has 472 valence electrons. The van der Waals surface area contributed by atoms with Gasteiger partial charge in [0, 0.05) is 59.8 Å². The van der Waals surface area contributed by atoms with Crippen LogP contribution in [0, 0.1) is 0 Å². The van der Waals surface area contributed by atoms with E-state index in [9.17, 15) is 0 Å². The first-order valence-electron chi connectivity index (χ1n) is 34.5. The molecule has 0 amide bonds. The van der Waals surface area contributed by atoms with Crippen LogP contribution >= 0.6 is 70.6 Å². The Balaban J connectivity index is 0.616. The van der Waals surface area contributed by atoms with Crippen LogP contribution in [0.2, 0.25) is 0 Å². The van der Waals surface area contributed by atoms with Gasteiger partial charge in [-0.25, -0.2) is 0 Å². The van der Waals surface area contributed by atoms with Gasteiger partial charge < -0.3 is 18.9 Å². The third-order valence-electron chi connectivity index (χ3n) is 23.0. The minimum Gasteiger partial charge on any atom is -0.486 e. The number of rotatable bonds is 4. The zero-order chi connectivity index (χ0) is 65.8. The summed E-state index contributed by atoms with van der Waals surface area (Å²) in [5.74, 6) is 3.41. The highest BCUT2D eigenvalue weighted by atomic mass is 32.2. The van der Waals surface area contributed by atoms with Crippen molar-refractivity contribution in [3.05, 3.63) is 247 Å². The SMILES string of the molecule is CC1(C)c2ccccc2-c2cccc(-c3cccc4c3Sc3cccc5c3B4c3cccc(-c4cccc6c4C(C)(C)c4ccc(-c7cccc8c7Sc7c9c(cc%10c7B8c7ccc(-c8ccc%11c(c8)Sc8c%12c(cc%13c8B%11c8ccccc8S%13)OCCO%12)cc7S%10)OCO9)cc4-6)c3S5)c21. The van der Waals surface area contributed by atoms with E-state index in [1.54, 1.807) is 0 Å². The highest BCUT2D eigenvalue weighted by Crippen LogP contribution is 2.59. The van der Waals surface area contributed by atoms with E-state index in [0.29, 0.717) is 13.2 Å². The molecule has 8 aliphatic heterocycles. The van der Waals surface area contributed by atoms with Gasteiger partial charge in [-0.1, -0.05) is 307 Å². The Morgan fingerprint density at radius 3 is 1.41 bits per heavy atom. The van der Waals surface area contributed by atoms with Gasteiger partial charge in [-0.15, -0.1) is 0 Å². The Bertz CT molecular complexity index is 5980.